The molecule has 0 bridgehead atoms. The van der Waals surface area contributed by atoms with Gasteiger partial charge in [0.05, 0.1) is 10.6 Å². The molecule has 0 amide bonds. The molecule has 0 saturated carbocycles. The summed E-state index contributed by atoms with van der Waals surface area (Å²) in [5, 5.41) is 9.01. The second-order valence-electron chi connectivity index (χ2n) is 3.92. The summed E-state index contributed by atoms with van der Waals surface area (Å²) in [6, 6.07) is 11.8. The minimum absolute atomic E-state index is 0.0534. The molecule has 2 rings (SSSR count). The van der Waals surface area contributed by atoms with E-state index in [2.05, 4.69) is 0 Å². The van der Waals surface area contributed by atoms with Gasteiger partial charge in [0.1, 0.15) is 6.07 Å². The highest BCUT2D eigenvalue weighted by molar-refractivity contribution is 6.53. The molecule has 0 unspecified atom stereocenters. The number of allylic oxidation sites excluding steroid dienone is 1. The fraction of sp³-hybridized carbons (Fsp3) is 0. The molecule has 0 aliphatic heterocycles. The van der Waals surface area contributed by atoms with Crippen LogP contribution in [0.25, 0.3) is 10.6 Å². The van der Waals surface area contributed by atoms with E-state index in [0.29, 0.717) is 5.56 Å². The van der Waals surface area contributed by atoms with E-state index < -0.39 is 17.5 Å². The normalized spacial score (nSPS) is 11.8. The Kier molecular flexibility index (Phi) is 4.11. The van der Waals surface area contributed by atoms with Crippen molar-refractivity contribution in [2.45, 2.75) is 0 Å². The van der Waals surface area contributed by atoms with Crippen molar-refractivity contribution in [1.82, 2.24) is 0 Å². The van der Waals surface area contributed by atoms with Crippen molar-refractivity contribution in [3.8, 4) is 6.07 Å². The molecular formula is C15H7ClF3N. The summed E-state index contributed by atoms with van der Waals surface area (Å²) in [7, 11) is 0. The average Bonchev–Trinajstić information content (AvgIpc) is 2.46. The first kappa shape index (κ1) is 14.2. The van der Waals surface area contributed by atoms with Crippen molar-refractivity contribution in [3.63, 3.8) is 0 Å². The molecule has 0 atom stereocenters. The summed E-state index contributed by atoms with van der Waals surface area (Å²) in [6.07, 6.45) is 0. The maximum absolute atomic E-state index is 13.2. The van der Waals surface area contributed by atoms with Crippen LogP contribution in [-0.2, 0) is 0 Å². The fourth-order valence-electron chi connectivity index (χ4n) is 1.67. The maximum Gasteiger partial charge on any atom is 0.194 e. The summed E-state index contributed by atoms with van der Waals surface area (Å²) in [5.41, 5.74) is 0.464. The summed E-state index contributed by atoms with van der Waals surface area (Å²) < 4.78 is 39.3. The average molecular weight is 294 g/mol. The lowest BCUT2D eigenvalue weighted by atomic mass is 10.0. The molecule has 0 radical (unpaired) electrons. The van der Waals surface area contributed by atoms with E-state index in [0.717, 1.165) is 12.1 Å². The van der Waals surface area contributed by atoms with Gasteiger partial charge >= 0.3 is 0 Å². The second kappa shape index (κ2) is 5.81. The molecule has 0 aromatic heterocycles. The van der Waals surface area contributed by atoms with Gasteiger partial charge in [-0.05, 0) is 17.7 Å². The van der Waals surface area contributed by atoms with Gasteiger partial charge in [-0.15, -0.1) is 0 Å². The van der Waals surface area contributed by atoms with Gasteiger partial charge in [-0.2, -0.15) is 5.26 Å². The molecular weight excluding hydrogens is 287 g/mol. The van der Waals surface area contributed by atoms with Gasteiger partial charge in [0.25, 0.3) is 0 Å². The molecule has 0 fully saturated rings. The van der Waals surface area contributed by atoms with Gasteiger partial charge in [-0.25, -0.2) is 13.2 Å². The fourth-order valence-corrected chi connectivity index (χ4v) is 1.93. The van der Waals surface area contributed by atoms with Crippen LogP contribution in [0.1, 0.15) is 11.1 Å². The molecule has 0 N–H and O–H groups in total. The quantitative estimate of drug-likeness (QED) is 0.446. The van der Waals surface area contributed by atoms with Crippen LogP contribution >= 0.6 is 11.6 Å². The molecule has 5 heteroatoms. The topological polar surface area (TPSA) is 23.8 Å². The van der Waals surface area contributed by atoms with Crippen LogP contribution in [0.2, 0.25) is 0 Å². The lowest BCUT2D eigenvalue weighted by Crippen LogP contribution is -1.94. The van der Waals surface area contributed by atoms with E-state index >= 15 is 0 Å². The Morgan fingerprint density at radius 2 is 1.50 bits per heavy atom. The first-order valence-electron chi connectivity index (χ1n) is 5.54. The molecule has 0 spiro atoms. The molecule has 2 aromatic rings. The van der Waals surface area contributed by atoms with Gasteiger partial charge < -0.3 is 0 Å². The van der Waals surface area contributed by atoms with E-state index in [1.54, 1.807) is 30.3 Å². The van der Waals surface area contributed by atoms with Gasteiger partial charge in [0.15, 0.2) is 17.5 Å². The lowest BCUT2D eigenvalue weighted by molar-refractivity contribution is 0.447. The van der Waals surface area contributed by atoms with Crippen molar-refractivity contribution < 1.29 is 13.2 Å². The van der Waals surface area contributed by atoms with Crippen LogP contribution < -0.4 is 0 Å². The number of hydrogen-bond acceptors (Lipinski definition) is 1. The van der Waals surface area contributed by atoms with Crippen molar-refractivity contribution in [2.24, 2.45) is 0 Å². The molecule has 0 saturated heterocycles. The van der Waals surface area contributed by atoms with Crippen molar-refractivity contribution >= 4 is 22.2 Å². The maximum atomic E-state index is 13.2. The standard InChI is InChI=1S/C15H7ClF3N/c16-14(10-6-12(17)15(19)13(18)7-10)11(8-20)9-4-2-1-3-5-9/h1-7H. The SMILES string of the molecule is N#CC(=C(Cl)c1cc(F)c(F)c(F)c1)c1ccccc1. The highest BCUT2D eigenvalue weighted by Crippen LogP contribution is 2.30. The number of nitriles is 1. The minimum Gasteiger partial charge on any atom is -0.204 e. The zero-order valence-electron chi connectivity index (χ0n) is 10.0. The highest BCUT2D eigenvalue weighted by Gasteiger charge is 2.15. The van der Waals surface area contributed by atoms with Gasteiger partial charge in [-0.3, -0.25) is 0 Å². The van der Waals surface area contributed by atoms with Crippen LogP contribution in [0.5, 0.6) is 0 Å². The van der Waals surface area contributed by atoms with Crippen molar-refractivity contribution in [1.29, 1.82) is 5.26 Å². The van der Waals surface area contributed by atoms with Gasteiger partial charge in [-0.1, -0.05) is 41.9 Å². The number of nitrogens with zero attached hydrogens (tertiary/aromatic N) is 1. The summed E-state index contributed by atoms with van der Waals surface area (Å²) in [6.45, 7) is 0. The van der Waals surface area contributed by atoms with Crippen molar-refractivity contribution in [2.75, 3.05) is 0 Å². The molecule has 1 nitrogen and oxygen atoms in total. The first-order valence-corrected chi connectivity index (χ1v) is 5.92. The summed E-state index contributed by atoms with van der Waals surface area (Å²) in [5.74, 6) is -4.29. The van der Waals surface area contributed by atoms with Gasteiger partial charge in [0.2, 0.25) is 0 Å². The van der Waals surface area contributed by atoms with Crippen LogP contribution in [-0.4, -0.2) is 0 Å². The van der Waals surface area contributed by atoms with Gasteiger partial charge in [0, 0.05) is 5.56 Å². The van der Waals surface area contributed by atoms with E-state index in [1.807, 2.05) is 6.07 Å². The zero-order valence-corrected chi connectivity index (χ0v) is 10.8. The second-order valence-corrected chi connectivity index (χ2v) is 4.30. The first-order chi connectivity index (χ1) is 9.54. The van der Waals surface area contributed by atoms with E-state index in [1.165, 1.54) is 0 Å². The Morgan fingerprint density at radius 3 is 2.00 bits per heavy atom. The third-order valence-electron chi connectivity index (χ3n) is 2.63. The molecule has 100 valence electrons. The Morgan fingerprint density at radius 1 is 0.950 bits per heavy atom. The largest absolute Gasteiger partial charge is 0.204 e. The molecule has 2 aromatic carbocycles. The number of rotatable bonds is 2. The summed E-state index contributed by atoms with van der Waals surface area (Å²) in [4.78, 5) is 0. The third-order valence-corrected chi connectivity index (χ3v) is 3.04. The Balaban J connectivity index is 2.61. The molecule has 0 aliphatic rings. The van der Waals surface area contributed by atoms with E-state index in [-0.39, 0.29) is 16.2 Å². The van der Waals surface area contributed by atoms with Crippen LogP contribution in [0.4, 0.5) is 13.2 Å². The lowest BCUT2D eigenvalue weighted by Gasteiger charge is -2.06. The Bertz CT molecular complexity index is 695. The predicted molar refractivity (Wildman–Crippen MR) is 71.0 cm³/mol. The molecule has 0 heterocycles. The highest BCUT2D eigenvalue weighted by atomic mass is 35.5. The van der Waals surface area contributed by atoms with E-state index in [4.69, 9.17) is 16.9 Å². The van der Waals surface area contributed by atoms with Crippen molar-refractivity contribution in [3.05, 3.63) is 71.0 Å². The number of halogens is 4. The Hall–Kier alpha value is -2.25. The summed E-state index contributed by atoms with van der Waals surface area (Å²) >= 11 is 6.00. The molecule has 20 heavy (non-hydrogen) atoms. The zero-order chi connectivity index (χ0) is 14.7. The Labute approximate surface area is 118 Å². The minimum atomic E-state index is -1.57. The van der Waals surface area contributed by atoms with Crippen LogP contribution in [0.3, 0.4) is 0 Å². The smallest absolute Gasteiger partial charge is 0.194 e. The van der Waals surface area contributed by atoms with Crippen LogP contribution in [0.15, 0.2) is 42.5 Å². The van der Waals surface area contributed by atoms with E-state index in [9.17, 15) is 13.2 Å². The monoisotopic (exact) mass is 293 g/mol. The third kappa shape index (κ3) is 2.68. The number of benzene rings is 2. The predicted octanol–water partition coefficient (Wildman–Crippen LogP) is 4.73. The van der Waals surface area contributed by atoms with Crippen LogP contribution in [0, 0.1) is 28.8 Å². The molecule has 0 aliphatic carbocycles. The number of hydrogen-bond donors (Lipinski definition) is 0.